The summed E-state index contributed by atoms with van der Waals surface area (Å²) in [5.41, 5.74) is 3.14. The Morgan fingerprint density at radius 2 is 1.69 bits per heavy atom. The van der Waals surface area contributed by atoms with Crippen LogP contribution in [0.1, 0.15) is 40.2 Å². The molecular formula is C22H27FN2O. The lowest BCUT2D eigenvalue weighted by Gasteiger charge is -2.33. The van der Waals surface area contributed by atoms with Gasteiger partial charge in [-0.05, 0) is 68.6 Å². The number of aryl methyl sites for hydroxylation is 1. The van der Waals surface area contributed by atoms with Gasteiger partial charge in [0.1, 0.15) is 5.82 Å². The second-order valence-electron chi connectivity index (χ2n) is 7.26. The molecule has 1 aliphatic rings. The Labute approximate surface area is 155 Å². The third-order valence-corrected chi connectivity index (χ3v) is 5.33. The monoisotopic (exact) mass is 354 g/mol. The lowest BCUT2D eigenvalue weighted by atomic mass is 9.89. The van der Waals surface area contributed by atoms with E-state index in [4.69, 9.17) is 0 Å². The van der Waals surface area contributed by atoms with E-state index in [0.29, 0.717) is 5.92 Å². The van der Waals surface area contributed by atoms with Crippen molar-refractivity contribution in [2.45, 2.75) is 25.7 Å². The zero-order valence-electron chi connectivity index (χ0n) is 15.6. The predicted octanol–water partition coefficient (Wildman–Crippen LogP) is 4.09. The molecule has 3 nitrogen and oxygen atoms in total. The third kappa shape index (κ3) is 4.70. The van der Waals surface area contributed by atoms with Gasteiger partial charge in [0.2, 0.25) is 0 Å². The maximum atomic E-state index is 13.1. The van der Waals surface area contributed by atoms with Crippen LogP contribution in [0.5, 0.6) is 0 Å². The van der Waals surface area contributed by atoms with Crippen molar-refractivity contribution in [3.8, 4) is 0 Å². The molecule has 1 saturated heterocycles. The van der Waals surface area contributed by atoms with Gasteiger partial charge in [0.25, 0.3) is 5.91 Å². The predicted molar refractivity (Wildman–Crippen MR) is 103 cm³/mol. The summed E-state index contributed by atoms with van der Waals surface area (Å²) in [6, 6.07) is 14.6. The van der Waals surface area contributed by atoms with E-state index in [2.05, 4.69) is 4.90 Å². The average molecular weight is 354 g/mol. The van der Waals surface area contributed by atoms with Crippen LogP contribution in [0.25, 0.3) is 0 Å². The molecule has 0 aliphatic carbocycles. The third-order valence-electron chi connectivity index (χ3n) is 5.33. The van der Waals surface area contributed by atoms with Crippen molar-refractivity contribution in [3.63, 3.8) is 0 Å². The number of hydrogen-bond donors (Lipinski definition) is 0. The first-order chi connectivity index (χ1) is 12.5. The standard InChI is InChI=1S/C22H27FN2O/c1-17-3-5-20(6-4-17)22(26)24(2)15-16-25-13-11-19(12-14-25)18-7-9-21(23)10-8-18/h3-10,19H,11-16H2,1-2H3. The van der Waals surface area contributed by atoms with E-state index in [1.54, 1.807) is 17.0 Å². The van der Waals surface area contributed by atoms with Crippen molar-refractivity contribution in [2.75, 3.05) is 33.2 Å². The smallest absolute Gasteiger partial charge is 0.253 e. The lowest BCUT2D eigenvalue weighted by molar-refractivity contribution is 0.0771. The van der Waals surface area contributed by atoms with E-state index < -0.39 is 0 Å². The van der Waals surface area contributed by atoms with Crippen LogP contribution >= 0.6 is 0 Å². The number of carbonyl (C=O) groups excluding carboxylic acids is 1. The fourth-order valence-corrected chi connectivity index (χ4v) is 3.53. The fourth-order valence-electron chi connectivity index (χ4n) is 3.53. The highest BCUT2D eigenvalue weighted by molar-refractivity contribution is 5.94. The molecule has 4 heteroatoms. The molecule has 0 unspecified atom stereocenters. The zero-order valence-corrected chi connectivity index (χ0v) is 15.6. The maximum Gasteiger partial charge on any atom is 0.253 e. The largest absolute Gasteiger partial charge is 0.340 e. The van der Waals surface area contributed by atoms with E-state index in [0.717, 1.165) is 50.1 Å². The molecule has 0 spiro atoms. The number of carbonyl (C=O) groups is 1. The van der Waals surface area contributed by atoms with Crippen LogP contribution < -0.4 is 0 Å². The molecule has 1 heterocycles. The highest BCUT2D eigenvalue weighted by Gasteiger charge is 2.21. The summed E-state index contributed by atoms with van der Waals surface area (Å²) >= 11 is 0. The number of hydrogen-bond acceptors (Lipinski definition) is 2. The average Bonchev–Trinajstić information content (AvgIpc) is 2.67. The van der Waals surface area contributed by atoms with Crippen LogP contribution in [0.2, 0.25) is 0 Å². The summed E-state index contributed by atoms with van der Waals surface area (Å²) in [7, 11) is 1.87. The van der Waals surface area contributed by atoms with Crippen LogP contribution in [0.4, 0.5) is 4.39 Å². The number of rotatable bonds is 5. The van der Waals surface area contributed by atoms with Crippen LogP contribution in [0.15, 0.2) is 48.5 Å². The first-order valence-electron chi connectivity index (χ1n) is 9.33. The van der Waals surface area contributed by atoms with Gasteiger partial charge in [0.15, 0.2) is 0 Å². The van der Waals surface area contributed by atoms with Crippen molar-refractivity contribution in [1.82, 2.24) is 9.80 Å². The van der Waals surface area contributed by atoms with Crippen molar-refractivity contribution in [2.24, 2.45) is 0 Å². The summed E-state index contributed by atoms with van der Waals surface area (Å²) < 4.78 is 13.1. The molecule has 0 radical (unpaired) electrons. The van der Waals surface area contributed by atoms with Gasteiger partial charge in [-0.15, -0.1) is 0 Å². The van der Waals surface area contributed by atoms with E-state index in [1.165, 1.54) is 5.56 Å². The molecule has 3 rings (SSSR count). The minimum atomic E-state index is -0.174. The van der Waals surface area contributed by atoms with Crippen molar-refractivity contribution in [1.29, 1.82) is 0 Å². The molecule has 1 fully saturated rings. The summed E-state index contributed by atoms with van der Waals surface area (Å²) in [6.07, 6.45) is 2.17. The fraction of sp³-hybridized carbons (Fsp3) is 0.409. The Balaban J connectivity index is 1.45. The Hall–Kier alpha value is -2.20. The molecule has 2 aromatic rings. The molecule has 0 aromatic heterocycles. The number of nitrogens with zero attached hydrogens (tertiary/aromatic N) is 2. The molecular weight excluding hydrogens is 327 g/mol. The molecule has 138 valence electrons. The summed E-state index contributed by atoms with van der Waals surface area (Å²) in [6.45, 7) is 5.69. The van der Waals surface area contributed by atoms with Gasteiger partial charge in [-0.25, -0.2) is 4.39 Å². The Morgan fingerprint density at radius 3 is 2.31 bits per heavy atom. The highest BCUT2D eigenvalue weighted by Crippen LogP contribution is 2.27. The second-order valence-corrected chi connectivity index (χ2v) is 7.26. The van der Waals surface area contributed by atoms with Gasteiger partial charge >= 0.3 is 0 Å². The van der Waals surface area contributed by atoms with Gasteiger partial charge in [-0.1, -0.05) is 29.8 Å². The molecule has 0 saturated carbocycles. The Morgan fingerprint density at radius 1 is 1.08 bits per heavy atom. The quantitative estimate of drug-likeness (QED) is 0.807. The normalized spacial score (nSPS) is 15.8. The topological polar surface area (TPSA) is 23.6 Å². The van der Waals surface area contributed by atoms with Crippen molar-refractivity contribution >= 4 is 5.91 Å². The van der Waals surface area contributed by atoms with Crippen LogP contribution in [0, 0.1) is 12.7 Å². The number of benzene rings is 2. The zero-order chi connectivity index (χ0) is 18.5. The molecule has 2 aromatic carbocycles. The molecule has 0 atom stereocenters. The molecule has 26 heavy (non-hydrogen) atoms. The van der Waals surface area contributed by atoms with Crippen LogP contribution in [0.3, 0.4) is 0 Å². The number of piperidine rings is 1. The second kappa shape index (κ2) is 8.45. The van der Waals surface area contributed by atoms with E-state index in [1.807, 2.05) is 50.4 Å². The van der Waals surface area contributed by atoms with Crippen molar-refractivity contribution in [3.05, 3.63) is 71.0 Å². The number of amides is 1. The lowest BCUT2D eigenvalue weighted by Crippen LogP contribution is -2.40. The first-order valence-corrected chi connectivity index (χ1v) is 9.33. The van der Waals surface area contributed by atoms with Crippen LogP contribution in [-0.2, 0) is 0 Å². The molecule has 0 bridgehead atoms. The van der Waals surface area contributed by atoms with Gasteiger partial charge in [0.05, 0.1) is 0 Å². The molecule has 1 aliphatic heterocycles. The summed E-state index contributed by atoms with van der Waals surface area (Å²) in [5.74, 6) is 0.414. The summed E-state index contributed by atoms with van der Waals surface area (Å²) in [5, 5.41) is 0. The van der Waals surface area contributed by atoms with Gasteiger partial charge in [0, 0.05) is 25.7 Å². The van der Waals surface area contributed by atoms with Gasteiger partial charge in [-0.2, -0.15) is 0 Å². The molecule has 1 amide bonds. The van der Waals surface area contributed by atoms with E-state index in [-0.39, 0.29) is 11.7 Å². The maximum absolute atomic E-state index is 13.1. The highest BCUT2D eigenvalue weighted by atomic mass is 19.1. The van der Waals surface area contributed by atoms with Gasteiger partial charge in [-0.3, -0.25) is 4.79 Å². The van der Waals surface area contributed by atoms with E-state index in [9.17, 15) is 9.18 Å². The Kier molecular flexibility index (Phi) is 6.04. The van der Waals surface area contributed by atoms with Crippen molar-refractivity contribution < 1.29 is 9.18 Å². The number of halogens is 1. The number of likely N-dealkylation sites (N-methyl/N-ethyl adjacent to an activating group) is 1. The number of likely N-dealkylation sites (tertiary alicyclic amines) is 1. The first kappa shape index (κ1) is 18.6. The minimum Gasteiger partial charge on any atom is -0.340 e. The minimum absolute atomic E-state index is 0.0752. The SMILES string of the molecule is Cc1ccc(C(=O)N(C)CCN2CCC(c3ccc(F)cc3)CC2)cc1. The molecule has 0 N–H and O–H groups in total. The summed E-state index contributed by atoms with van der Waals surface area (Å²) in [4.78, 5) is 16.7. The van der Waals surface area contributed by atoms with Gasteiger partial charge < -0.3 is 9.80 Å². The van der Waals surface area contributed by atoms with Crippen LogP contribution in [-0.4, -0.2) is 48.9 Å². The van der Waals surface area contributed by atoms with E-state index >= 15 is 0 Å². The Bertz CT molecular complexity index is 719.